The van der Waals surface area contributed by atoms with Crippen LogP contribution in [0.3, 0.4) is 0 Å². The molecule has 0 radical (unpaired) electrons. The average Bonchev–Trinajstić information content (AvgIpc) is 2.57. The average molecular weight is 346 g/mol. The molecule has 0 aliphatic rings. The van der Waals surface area contributed by atoms with E-state index >= 15 is 0 Å². The van der Waals surface area contributed by atoms with Gasteiger partial charge < -0.3 is 18.9 Å². The second-order valence-corrected chi connectivity index (χ2v) is 5.58. The third kappa shape index (κ3) is 17.2. The van der Waals surface area contributed by atoms with Gasteiger partial charge in [0.25, 0.3) is 0 Å². The normalized spacial score (nSPS) is 10.6. The van der Waals surface area contributed by atoms with Crippen LogP contribution in [0.1, 0.15) is 65.2 Å². The fourth-order valence-electron chi connectivity index (χ4n) is 1.80. The predicted octanol–water partition coefficient (Wildman–Crippen LogP) is 3.27. The highest BCUT2D eigenvalue weighted by Gasteiger charge is 2.06. The molecular weight excluding hydrogens is 312 g/mol. The lowest BCUT2D eigenvalue weighted by Gasteiger charge is -2.07. The number of ether oxygens (including phenoxy) is 4. The maximum Gasteiger partial charge on any atom is 0.305 e. The van der Waals surface area contributed by atoms with Crippen LogP contribution in [0, 0.1) is 0 Å². The molecule has 0 saturated heterocycles. The van der Waals surface area contributed by atoms with Crippen molar-refractivity contribution in [3.05, 3.63) is 0 Å². The lowest BCUT2D eigenvalue weighted by atomic mass is 10.2. The number of hydrogen-bond donors (Lipinski definition) is 0. The van der Waals surface area contributed by atoms with Crippen molar-refractivity contribution in [3.8, 4) is 0 Å². The van der Waals surface area contributed by atoms with E-state index in [9.17, 15) is 9.59 Å². The Balaban J connectivity index is 3.28. The van der Waals surface area contributed by atoms with Crippen molar-refractivity contribution in [2.75, 3.05) is 39.6 Å². The molecule has 0 bridgehead atoms. The minimum absolute atomic E-state index is 0.189. The van der Waals surface area contributed by atoms with Gasteiger partial charge in [-0.25, -0.2) is 0 Å². The Morgan fingerprint density at radius 3 is 1.62 bits per heavy atom. The number of carbonyl (C=O) groups excluding carboxylic acids is 2. The Kier molecular flexibility index (Phi) is 17.3. The van der Waals surface area contributed by atoms with Crippen molar-refractivity contribution in [1.82, 2.24) is 0 Å². The number of hydrogen-bond acceptors (Lipinski definition) is 6. The molecule has 6 heteroatoms. The smallest absolute Gasteiger partial charge is 0.305 e. The quantitative estimate of drug-likeness (QED) is 0.297. The summed E-state index contributed by atoms with van der Waals surface area (Å²) < 4.78 is 20.7. The molecule has 0 N–H and O–H groups in total. The lowest BCUT2D eigenvalue weighted by molar-refractivity contribution is -0.147. The molecule has 0 aromatic rings. The van der Waals surface area contributed by atoms with Crippen LogP contribution < -0.4 is 0 Å². The van der Waals surface area contributed by atoms with E-state index in [2.05, 4.69) is 6.92 Å². The standard InChI is InChI=1S/C18H34O6/c1-3-5-11-21-13-14-22-15-16-24-18(20)10-8-7-9-17(19)23-12-6-4-2/h3-16H2,1-2H3. The van der Waals surface area contributed by atoms with Crippen LogP contribution in [0.15, 0.2) is 0 Å². The molecule has 24 heavy (non-hydrogen) atoms. The third-order valence-electron chi connectivity index (χ3n) is 3.28. The summed E-state index contributed by atoms with van der Waals surface area (Å²) in [7, 11) is 0. The topological polar surface area (TPSA) is 71.1 Å². The lowest BCUT2D eigenvalue weighted by Crippen LogP contribution is -2.13. The fraction of sp³-hybridized carbons (Fsp3) is 0.889. The van der Waals surface area contributed by atoms with Gasteiger partial charge in [-0.15, -0.1) is 0 Å². The molecule has 0 spiro atoms. The molecule has 0 aromatic carbocycles. The second kappa shape index (κ2) is 18.2. The first-order chi connectivity index (χ1) is 11.7. The summed E-state index contributed by atoms with van der Waals surface area (Å²) in [5.41, 5.74) is 0. The van der Waals surface area contributed by atoms with Crippen molar-refractivity contribution in [2.45, 2.75) is 65.2 Å². The molecule has 0 aliphatic carbocycles. The highest BCUT2D eigenvalue weighted by atomic mass is 16.6. The largest absolute Gasteiger partial charge is 0.466 e. The van der Waals surface area contributed by atoms with Crippen LogP contribution >= 0.6 is 0 Å². The highest BCUT2D eigenvalue weighted by Crippen LogP contribution is 2.03. The Bertz CT molecular complexity index is 306. The summed E-state index contributed by atoms with van der Waals surface area (Å²) in [6.45, 7) is 7.14. The van der Waals surface area contributed by atoms with Gasteiger partial charge in [0.2, 0.25) is 0 Å². The minimum Gasteiger partial charge on any atom is -0.466 e. The summed E-state index contributed by atoms with van der Waals surface area (Å²) in [5.74, 6) is -0.441. The molecule has 0 unspecified atom stereocenters. The van der Waals surface area contributed by atoms with E-state index in [0.29, 0.717) is 52.1 Å². The van der Waals surface area contributed by atoms with Crippen molar-refractivity contribution < 1.29 is 28.5 Å². The van der Waals surface area contributed by atoms with Gasteiger partial charge in [-0.3, -0.25) is 9.59 Å². The number of unbranched alkanes of at least 4 members (excludes halogenated alkanes) is 3. The van der Waals surface area contributed by atoms with E-state index in [1.165, 1.54) is 0 Å². The summed E-state index contributed by atoms with van der Waals surface area (Å²) in [6, 6.07) is 0. The molecule has 0 atom stereocenters. The zero-order valence-electron chi connectivity index (χ0n) is 15.3. The minimum atomic E-state index is -0.253. The van der Waals surface area contributed by atoms with Crippen molar-refractivity contribution in [2.24, 2.45) is 0 Å². The van der Waals surface area contributed by atoms with Gasteiger partial charge in [0.15, 0.2) is 0 Å². The molecular formula is C18H34O6. The van der Waals surface area contributed by atoms with Gasteiger partial charge >= 0.3 is 11.9 Å². The molecule has 0 rings (SSSR count). The predicted molar refractivity (Wildman–Crippen MR) is 91.8 cm³/mol. The van der Waals surface area contributed by atoms with E-state index in [1.54, 1.807) is 0 Å². The third-order valence-corrected chi connectivity index (χ3v) is 3.28. The zero-order valence-corrected chi connectivity index (χ0v) is 15.3. The molecule has 0 saturated carbocycles. The van der Waals surface area contributed by atoms with Crippen LogP contribution in [-0.4, -0.2) is 51.6 Å². The summed E-state index contributed by atoms with van der Waals surface area (Å²) >= 11 is 0. The van der Waals surface area contributed by atoms with Gasteiger partial charge in [-0.1, -0.05) is 26.7 Å². The van der Waals surface area contributed by atoms with Crippen molar-refractivity contribution in [3.63, 3.8) is 0 Å². The van der Waals surface area contributed by atoms with Gasteiger partial charge in [-0.2, -0.15) is 0 Å². The van der Waals surface area contributed by atoms with E-state index in [-0.39, 0.29) is 18.5 Å². The maximum atomic E-state index is 11.5. The molecule has 0 aromatic heterocycles. The Labute approximate surface area is 146 Å². The van der Waals surface area contributed by atoms with Gasteiger partial charge in [0.1, 0.15) is 6.61 Å². The fourth-order valence-corrected chi connectivity index (χ4v) is 1.80. The Morgan fingerprint density at radius 1 is 0.583 bits per heavy atom. The van der Waals surface area contributed by atoms with Gasteiger partial charge in [0, 0.05) is 19.4 Å². The highest BCUT2D eigenvalue weighted by molar-refractivity contribution is 5.70. The molecule has 0 fully saturated rings. The summed E-state index contributed by atoms with van der Waals surface area (Å²) in [6.07, 6.45) is 6.05. The van der Waals surface area contributed by atoms with E-state index in [0.717, 1.165) is 32.3 Å². The number of rotatable bonds is 17. The van der Waals surface area contributed by atoms with Crippen LogP contribution in [0.25, 0.3) is 0 Å². The number of esters is 2. The van der Waals surface area contributed by atoms with Gasteiger partial charge in [-0.05, 0) is 25.7 Å². The maximum absolute atomic E-state index is 11.5. The zero-order chi connectivity index (χ0) is 17.9. The molecule has 0 aliphatic heterocycles. The first-order valence-electron chi connectivity index (χ1n) is 9.17. The van der Waals surface area contributed by atoms with Crippen LogP contribution in [0.5, 0.6) is 0 Å². The first kappa shape index (κ1) is 22.9. The second-order valence-electron chi connectivity index (χ2n) is 5.58. The number of carbonyl (C=O) groups is 2. The van der Waals surface area contributed by atoms with Crippen LogP contribution in [0.4, 0.5) is 0 Å². The van der Waals surface area contributed by atoms with E-state index in [4.69, 9.17) is 18.9 Å². The van der Waals surface area contributed by atoms with Crippen molar-refractivity contribution >= 4 is 11.9 Å². The molecule has 0 amide bonds. The molecule has 142 valence electrons. The Morgan fingerprint density at radius 2 is 1.04 bits per heavy atom. The van der Waals surface area contributed by atoms with Crippen molar-refractivity contribution in [1.29, 1.82) is 0 Å². The SMILES string of the molecule is CCCCOCCOCCOC(=O)CCCCC(=O)OCCCC. The summed E-state index contributed by atoms with van der Waals surface area (Å²) in [4.78, 5) is 22.8. The first-order valence-corrected chi connectivity index (χ1v) is 9.17. The van der Waals surface area contributed by atoms with E-state index in [1.807, 2.05) is 6.92 Å². The molecule has 0 heterocycles. The molecule has 6 nitrogen and oxygen atoms in total. The van der Waals surface area contributed by atoms with Gasteiger partial charge in [0.05, 0.1) is 26.4 Å². The Hall–Kier alpha value is -1.14. The van der Waals surface area contributed by atoms with E-state index < -0.39 is 0 Å². The summed E-state index contributed by atoms with van der Waals surface area (Å²) in [5, 5.41) is 0. The van der Waals surface area contributed by atoms with Crippen LogP contribution in [0.2, 0.25) is 0 Å². The van der Waals surface area contributed by atoms with Crippen LogP contribution in [-0.2, 0) is 28.5 Å². The monoisotopic (exact) mass is 346 g/mol.